The highest BCUT2D eigenvalue weighted by Crippen LogP contribution is 2.27. The van der Waals surface area contributed by atoms with Crippen molar-refractivity contribution in [2.24, 2.45) is 0 Å². The summed E-state index contributed by atoms with van der Waals surface area (Å²) in [6.45, 7) is 6.06. The lowest BCUT2D eigenvalue weighted by Gasteiger charge is -2.33. The standard InChI is InChI=1S/C21H27N3O2/c1-3-4-12-23-14-11-22-20(23)17-8-7-13-24(15-17)21(26)19-10-6-5-9-18(19)16(2)25/h5-6,9-11,14,17H,3-4,7-8,12-13,15H2,1-2H3/t17-/m0/s1. The molecule has 1 atom stereocenters. The van der Waals surface area contributed by atoms with E-state index in [1.807, 2.05) is 23.4 Å². The molecule has 0 N–H and O–H groups in total. The summed E-state index contributed by atoms with van der Waals surface area (Å²) in [4.78, 5) is 31.4. The molecule has 0 saturated carbocycles. The molecular formula is C21H27N3O2. The number of Topliss-reactive ketones (excluding diaryl/α,β-unsaturated/α-hetero) is 1. The maximum atomic E-state index is 13.0. The molecule has 1 aliphatic heterocycles. The van der Waals surface area contributed by atoms with Gasteiger partial charge in [0.1, 0.15) is 5.82 Å². The van der Waals surface area contributed by atoms with Gasteiger partial charge in [-0.1, -0.05) is 31.5 Å². The Balaban J connectivity index is 1.78. The molecule has 1 amide bonds. The molecule has 1 aliphatic rings. The molecule has 0 bridgehead atoms. The van der Waals surface area contributed by atoms with Gasteiger partial charge in [0.2, 0.25) is 0 Å². The Bertz CT molecular complexity index is 781. The maximum Gasteiger partial charge on any atom is 0.254 e. The number of piperidine rings is 1. The lowest BCUT2D eigenvalue weighted by Crippen LogP contribution is -2.40. The van der Waals surface area contributed by atoms with E-state index in [1.54, 1.807) is 18.2 Å². The minimum atomic E-state index is -0.0716. The number of unbranched alkanes of at least 4 members (excludes halogenated alkanes) is 1. The lowest BCUT2D eigenvalue weighted by atomic mass is 9.95. The van der Waals surface area contributed by atoms with E-state index >= 15 is 0 Å². The third kappa shape index (κ3) is 3.87. The van der Waals surface area contributed by atoms with Crippen molar-refractivity contribution >= 4 is 11.7 Å². The molecule has 1 saturated heterocycles. The van der Waals surface area contributed by atoms with E-state index in [1.165, 1.54) is 6.92 Å². The van der Waals surface area contributed by atoms with Gasteiger partial charge in [-0.3, -0.25) is 9.59 Å². The lowest BCUT2D eigenvalue weighted by molar-refractivity contribution is 0.0699. The number of imidazole rings is 1. The number of hydrogen-bond donors (Lipinski definition) is 0. The Hall–Kier alpha value is -2.43. The summed E-state index contributed by atoms with van der Waals surface area (Å²) in [5.74, 6) is 1.21. The third-order valence-corrected chi connectivity index (χ3v) is 5.11. The summed E-state index contributed by atoms with van der Waals surface area (Å²) >= 11 is 0. The molecule has 3 rings (SSSR count). The van der Waals surface area contributed by atoms with E-state index in [-0.39, 0.29) is 17.6 Å². The maximum absolute atomic E-state index is 13.0. The fourth-order valence-electron chi connectivity index (χ4n) is 3.72. The van der Waals surface area contributed by atoms with Gasteiger partial charge >= 0.3 is 0 Å². The Morgan fingerprint density at radius 1 is 1.23 bits per heavy atom. The molecule has 1 aromatic heterocycles. The second-order valence-electron chi connectivity index (χ2n) is 7.02. The summed E-state index contributed by atoms with van der Waals surface area (Å²) in [6, 6.07) is 7.11. The van der Waals surface area contributed by atoms with E-state index < -0.39 is 0 Å². The number of likely N-dealkylation sites (tertiary alicyclic amines) is 1. The van der Waals surface area contributed by atoms with Crippen molar-refractivity contribution in [3.05, 3.63) is 53.6 Å². The zero-order chi connectivity index (χ0) is 18.5. The summed E-state index contributed by atoms with van der Waals surface area (Å²) in [7, 11) is 0. The van der Waals surface area contributed by atoms with Crippen molar-refractivity contribution in [1.82, 2.24) is 14.5 Å². The van der Waals surface area contributed by atoms with Crippen LogP contribution in [0.25, 0.3) is 0 Å². The SMILES string of the molecule is CCCCn1ccnc1[C@H]1CCCN(C(=O)c2ccccc2C(C)=O)C1. The highest BCUT2D eigenvalue weighted by Gasteiger charge is 2.29. The minimum absolute atomic E-state index is 0.0489. The molecule has 1 aromatic carbocycles. The Morgan fingerprint density at radius 2 is 2.00 bits per heavy atom. The number of ketones is 1. The number of carbonyl (C=O) groups is 2. The first-order valence-corrected chi connectivity index (χ1v) is 9.52. The van der Waals surface area contributed by atoms with Crippen molar-refractivity contribution < 1.29 is 9.59 Å². The third-order valence-electron chi connectivity index (χ3n) is 5.11. The second kappa shape index (κ2) is 8.30. The molecule has 5 heteroatoms. The highest BCUT2D eigenvalue weighted by molar-refractivity contribution is 6.07. The van der Waals surface area contributed by atoms with E-state index in [0.717, 1.165) is 44.6 Å². The fraction of sp³-hybridized carbons (Fsp3) is 0.476. The number of hydrogen-bond acceptors (Lipinski definition) is 3. The van der Waals surface area contributed by atoms with Gasteiger partial charge in [-0.05, 0) is 32.3 Å². The second-order valence-corrected chi connectivity index (χ2v) is 7.02. The molecule has 0 unspecified atom stereocenters. The van der Waals surface area contributed by atoms with Gasteiger partial charge in [0, 0.05) is 43.5 Å². The van der Waals surface area contributed by atoms with Crippen molar-refractivity contribution in [2.75, 3.05) is 13.1 Å². The zero-order valence-electron chi connectivity index (χ0n) is 15.6. The van der Waals surface area contributed by atoms with Crippen molar-refractivity contribution in [2.45, 2.75) is 52.0 Å². The van der Waals surface area contributed by atoms with E-state index in [0.29, 0.717) is 17.7 Å². The number of rotatable bonds is 6. The van der Waals surface area contributed by atoms with Crippen LogP contribution in [-0.4, -0.2) is 39.2 Å². The first kappa shape index (κ1) is 18.4. The molecule has 2 heterocycles. The molecule has 0 spiro atoms. The number of aromatic nitrogens is 2. The van der Waals surface area contributed by atoms with Crippen molar-refractivity contribution in [3.63, 3.8) is 0 Å². The van der Waals surface area contributed by atoms with E-state index in [4.69, 9.17) is 0 Å². The molecule has 5 nitrogen and oxygen atoms in total. The molecule has 26 heavy (non-hydrogen) atoms. The van der Waals surface area contributed by atoms with E-state index in [2.05, 4.69) is 16.5 Å². The van der Waals surface area contributed by atoms with Crippen LogP contribution in [0.2, 0.25) is 0 Å². The molecule has 1 fully saturated rings. The first-order valence-electron chi connectivity index (χ1n) is 9.52. The number of aryl methyl sites for hydroxylation is 1. The van der Waals surface area contributed by atoms with Crippen LogP contribution in [0.3, 0.4) is 0 Å². The van der Waals surface area contributed by atoms with Crippen LogP contribution in [0.1, 0.15) is 72.0 Å². The summed E-state index contributed by atoms with van der Waals surface area (Å²) < 4.78 is 2.23. The van der Waals surface area contributed by atoms with Crippen LogP contribution >= 0.6 is 0 Å². The van der Waals surface area contributed by atoms with Crippen LogP contribution < -0.4 is 0 Å². The topological polar surface area (TPSA) is 55.2 Å². The molecule has 2 aromatic rings. The largest absolute Gasteiger partial charge is 0.338 e. The number of amides is 1. The van der Waals surface area contributed by atoms with Crippen LogP contribution in [-0.2, 0) is 6.54 Å². The van der Waals surface area contributed by atoms with Gasteiger partial charge in [-0.25, -0.2) is 4.98 Å². The smallest absolute Gasteiger partial charge is 0.254 e. The normalized spacial score (nSPS) is 17.3. The number of nitrogens with zero attached hydrogens (tertiary/aromatic N) is 3. The van der Waals surface area contributed by atoms with Crippen LogP contribution in [0.5, 0.6) is 0 Å². The highest BCUT2D eigenvalue weighted by atomic mass is 16.2. The van der Waals surface area contributed by atoms with Gasteiger partial charge < -0.3 is 9.47 Å². The Morgan fingerprint density at radius 3 is 2.73 bits per heavy atom. The average Bonchev–Trinajstić information content (AvgIpc) is 3.14. The zero-order valence-corrected chi connectivity index (χ0v) is 15.6. The van der Waals surface area contributed by atoms with Gasteiger partial charge in [0.25, 0.3) is 5.91 Å². The molecule has 138 valence electrons. The van der Waals surface area contributed by atoms with Crippen LogP contribution in [0.4, 0.5) is 0 Å². The van der Waals surface area contributed by atoms with Crippen LogP contribution in [0, 0.1) is 0 Å². The minimum Gasteiger partial charge on any atom is -0.338 e. The monoisotopic (exact) mass is 353 g/mol. The fourth-order valence-corrected chi connectivity index (χ4v) is 3.72. The van der Waals surface area contributed by atoms with Gasteiger partial charge in [0.15, 0.2) is 5.78 Å². The van der Waals surface area contributed by atoms with Crippen molar-refractivity contribution in [3.8, 4) is 0 Å². The predicted molar refractivity (Wildman–Crippen MR) is 101 cm³/mol. The Labute approximate surface area is 155 Å². The average molecular weight is 353 g/mol. The van der Waals surface area contributed by atoms with Gasteiger partial charge in [0.05, 0.1) is 5.56 Å². The van der Waals surface area contributed by atoms with Gasteiger partial charge in [-0.15, -0.1) is 0 Å². The number of benzene rings is 1. The summed E-state index contributed by atoms with van der Waals surface area (Å²) in [6.07, 6.45) is 8.17. The quantitative estimate of drug-likeness (QED) is 0.740. The van der Waals surface area contributed by atoms with Crippen molar-refractivity contribution in [1.29, 1.82) is 0 Å². The predicted octanol–water partition coefficient (Wildman–Crippen LogP) is 3.91. The number of carbonyl (C=O) groups excluding carboxylic acids is 2. The Kier molecular flexibility index (Phi) is 5.86. The van der Waals surface area contributed by atoms with E-state index in [9.17, 15) is 9.59 Å². The summed E-state index contributed by atoms with van der Waals surface area (Å²) in [5, 5.41) is 0. The molecular weight excluding hydrogens is 326 g/mol. The summed E-state index contributed by atoms with van der Waals surface area (Å²) in [5.41, 5.74) is 1.01. The molecule has 0 aliphatic carbocycles. The molecule has 0 radical (unpaired) electrons. The van der Waals surface area contributed by atoms with Gasteiger partial charge in [-0.2, -0.15) is 0 Å². The van der Waals surface area contributed by atoms with Crippen LogP contribution in [0.15, 0.2) is 36.7 Å². The first-order chi connectivity index (χ1) is 12.6.